The summed E-state index contributed by atoms with van der Waals surface area (Å²) in [6, 6.07) is 14.9. The van der Waals surface area contributed by atoms with E-state index in [1.807, 2.05) is 62.4 Å². The maximum Gasteiger partial charge on any atom is 0.344 e. The highest BCUT2D eigenvalue weighted by Crippen LogP contribution is 2.29. The summed E-state index contributed by atoms with van der Waals surface area (Å²) in [6.45, 7) is 6.53. The highest BCUT2D eigenvalue weighted by Gasteiger charge is 2.23. The van der Waals surface area contributed by atoms with E-state index in [4.69, 9.17) is 18.7 Å². The second kappa shape index (κ2) is 11.7. The topological polar surface area (TPSA) is 99.9 Å². The number of rotatable bonds is 11. The molecule has 8 nitrogen and oxygen atoms in total. The number of nitrogens with zero attached hydrogens (tertiary/aromatic N) is 1. The van der Waals surface area contributed by atoms with Crippen molar-refractivity contribution in [2.75, 3.05) is 26.4 Å². The van der Waals surface area contributed by atoms with Gasteiger partial charge in [0, 0.05) is 12.1 Å². The van der Waals surface area contributed by atoms with E-state index in [-0.39, 0.29) is 5.56 Å². The molecule has 0 aliphatic heterocycles. The molecule has 0 aliphatic carbocycles. The molecular formula is C25H28N2O6. The van der Waals surface area contributed by atoms with Gasteiger partial charge in [0.05, 0.1) is 13.2 Å². The van der Waals surface area contributed by atoms with Crippen LogP contribution in [0.25, 0.3) is 11.3 Å². The smallest absolute Gasteiger partial charge is 0.344 e. The van der Waals surface area contributed by atoms with Crippen molar-refractivity contribution >= 4 is 11.9 Å². The SMILES string of the molecule is CCOc1ccc(CCNC(=O)COC(=O)c2c(-c3ccccc3)noc2C)cc1OCC. The number of hydrogen-bond donors (Lipinski definition) is 1. The van der Waals surface area contributed by atoms with Crippen LogP contribution in [0.5, 0.6) is 11.5 Å². The van der Waals surface area contributed by atoms with E-state index in [1.165, 1.54) is 0 Å². The Morgan fingerprint density at radius 1 is 1.00 bits per heavy atom. The minimum atomic E-state index is -0.657. The maximum absolute atomic E-state index is 12.6. The third-order valence-electron chi connectivity index (χ3n) is 4.79. The number of carbonyl (C=O) groups excluding carboxylic acids is 2. The van der Waals surface area contributed by atoms with Crippen molar-refractivity contribution in [2.45, 2.75) is 27.2 Å². The molecule has 0 aliphatic rings. The molecule has 0 atom stereocenters. The van der Waals surface area contributed by atoms with Crippen LogP contribution < -0.4 is 14.8 Å². The Hall–Kier alpha value is -3.81. The van der Waals surface area contributed by atoms with Gasteiger partial charge in [-0.05, 0) is 44.9 Å². The summed E-state index contributed by atoms with van der Waals surface area (Å²) >= 11 is 0. The van der Waals surface area contributed by atoms with Crippen LogP contribution in [0.3, 0.4) is 0 Å². The molecule has 3 aromatic rings. The number of aromatic nitrogens is 1. The van der Waals surface area contributed by atoms with Gasteiger partial charge >= 0.3 is 5.97 Å². The fourth-order valence-corrected chi connectivity index (χ4v) is 3.26. The third-order valence-corrected chi connectivity index (χ3v) is 4.79. The van der Waals surface area contributed by atoms with E-state index < -0.39 is 18.5 Å². The first kappa shape index (κ1) is 23.8. The van der Waals surface area contributed by atoms with E-state index >= 15 is 0 Å². The van der Waals surface area contributed by atoms with E-state index in [2.05, 4.69) is 10.5 Å². The van der Waals surface area contributed by atoms with E-state index in [9.17, 15) is 9.59 Å². The molecule has 174 valence electrons. The van der Waals surface area contributed by atoms with Gasteiger partial charge in [-0.2, -0.15) is 0 Å². The normalized spacial score (nSPS) is 10.5. The number of benzene rings is 2. The lowest BCUT2D eigenvalue weighted by Crippen LogP contribution is -2.30. The summed E-state index contributed by atoms with van der Waals surface area (Å²) in [6.07, 6.45) is 0.592. The zero-order valence-electron chi connectivity index (χ0n) is 19.1. The maximum atomic E-state index is 12.6. The van der Waals surface area contributed by atoms with Crippen LogP contribution in [-0.4, -0.2) is 43.4 Å². The second-order valence-electron chi connectivity index (χ2n) is 7.15. The third kappa shape index (κ3) is 6.35. The minimum absolute atomic E-state index is 0.215. The number of esters is 1. The van der Waals surface area contributed by atoms with Gasteiger partial charge in [0.1, 0.15) is 17.0 Å². The van der Waals surface area contributed by atoms with Gasteiger partial charge in [0.25, 0.3) is 5.91 Å². The molecule has 1 amide bonds. The van der Waals surface area contributed by atoms with Crippen LogP contribution in [0, 0.1) is 6.92 Å². The van der Waals surface area contributed by atoms with Crippen molar-refractivity contribution in [3.63, 3.8) is 0 Å². The standard InChI is InChI=1S/C25H28N2O6/c1-4-30-20-12-11-18(15-21(20)31-5-2)13-14-26-22(28)16-32-25(29)23-17(3)33-27-24(23)19-9-7-6-8-10-19/h6-12,15H,4-5,13-14,16H2,1-3H3,(H,26,28). The molecule has 0 radical (unpaired) electrons. The molecule has 3 rings (SSSR count). The summed E-state index contributed by atoms with van der Waals surface area (Å²) < 4.78 is 21.6. The molecule has 0 saturated heterocycles. The number of hydrogen-bond acceptors (Lipinski definition) is 7. The van der Waals surface area contributed by atoms with Crippen LogP contribution in [0.4, 0.5) is 0 Å². The summed E-state index contributed by atoms with van der Waals surface area (Å²) in [5.41, 5.74) is 2.32. The van der Waals surface area contributed by atoms with Gasteiger partial charge < -0.3 is 24.1 Å². The minimum Gasteiger partial charge on any atom is -0.490 e. The summed E-state index contributed by atoms with van der Waals surface area (Å²) in [5.74, 6) is 0.651. The lowest BCUT2D eigenvalue weighted by molar-refractivity contribution is -0.124. The molecule has 1 N–H and O–H groups in total. The molecule has 0 bridgehead atoms. The number of aryl methyl sites for hydroxylation is 1. The molecule has 2 aromatic carbocycles. The highest BCUT2D eigenvalue weighted by atomic mass is 16.5. The average Bonchev–Trinajstić information content (AvgIpc) is 3.21. The molecule has 0 spiro atoms. The summed E-state index contributed by atoms with van der Waals surface area (Å²) in [4.78, 5) is 24.8. The van der Waals surface area contributed by atoms with Crippen LogP contribution >= 0.6 is 0 Å². The Kier molecular flexibility index (Phi) is 8.46. The molecular weight excluding hydrogens is 424 g/mol. The predicted octanol–water partition coefficient (Wildman–Crippen LogP) is 3.96. The zero-order chi connectivity index (χ0) is 23.6. The van der Waals surface area contributed by atoms with Gasteiger partial charge in [-0.25, -0.2) is 4.79 Å². The Labute approximate surface area is 192 Å². The predicted molar refractivity (Wildman–Crippen MR) is 122 cm³/mol. The van der Waals surface area contributed by atoms with Crippen molar-refractivity contribution in [3.05, 3.63) is 65.4 Å². The summed E-state index contributed by atoms with van der Waals surface area (Å²) in [7, 11) is 0. The molecule has 33 heavy (non-hydrogen) atoms. The van der Waals surface area contributed by atoms with Crippen LogP contribution in [0.2, 0.25) is 0 Å². The Balaban J connectivity index is 1.51. The van der Waals surface area contributed by atoms with E-state index in [0.29, 0.717) is 49.1 Å². The van der Waals surface area contributed by atoms with Crippen LogP contribution in [0.15, 0.2) is 53.1 Å². The van der Waals surface area contributed by atoms with Crippen molar-refractivity contribution in [2.24, 2.45) is 0 Å². The quantitative estimate of drug-likeness (QED) is 0.440. The van der Waals surface area contributed by atoms with Gasteiger partial charge in [-0.1, -0.05) is 41.6 Å². The molecule has 1 aromatic heterocycles. The number of amides is 1. The Morgan fingerprint density at radius 3 is 2.45 bits per heavy atom. The first-order valence-corrected chi connectivity index (χ1v) is 10.9. The van der Waals surface area contributed by atoms with Crippen molar-refractivity contribution in [1.82, 2.24) is 10.5 Å². The van der Waals surface area contributed by atoms with Crippen molar-refractivity contribution in [1.29, 1.82) is 0 Å². The van der Waals surface area contributed by atoms with Gasteiger partial charge in [-0.3, -0.25) is 4.79 Å². The molecule has 0 saturated carbocycles. The van der Waals surface area contributed by atoms with E-state index in [1.54, 1.807) is 6.92 Å². The fourth-order valence-electron chi connectivity index (χ4n) is 3.26. The Morgan fingerprint density at radius 2 is 1.73 bits per heavy atom. The fraction of sp³-hybridized carbons (Fsp3) is 0.320. The van der Waals surface area contributed by atoms with E-state index in [0.717, 1.165) is 11.1 Å². The summed E-state index contributed by atoms with van der Waals surface area (Å²) in [5, 5.41) is 6.72. The lowest BCUT2D eigenvalue weighted by atomic mass is 10.1. The van der Waals surface area contributed by atoms with Crippen molar-refractivity contribution in [3.8, 4) is 22.8 Å². The highest BCUT2D eigenvalue weighted by molar-refractivity contribution is 5.98. The average molecular weight is 453 g/mol. The number of nitrogens with one attached hydrogen (secondary N) is 1. The molecule has 0 fully saturated rings. The Bertz CT molecular complexity index is 1080. The van der Waals surface area contributed by atoms with Crippen LogP contribution in [0.1, 0.15) is 35.5 Å². The van der Waals surface area contributed by atoms with Crippen molar-refractivity contribution < 1.29 is 28.3 Å². The first-order chi connectivity index (χ1) is 16.0. The van der Waals surface area contributed by atoms with Gasteiger partial charge in [0.2, 0.25) is 0 Å². The van der Waals surface area contributed by atoms with Crippen LogP contribution in [-0.2, 0) is 16.0 Å². The molecule has 8 heteroatoms. The second-order valence-corrected chi connectivity index (χ2v) is 7.15. The monoisotopic (exact) mass is 452 g/mol. The first-order valence-electron chi connectivity index (χ1n) is 10.9. The van der Waals surface area contributed by atoms with Gasteiger partial charge in [-0.15, -0.1) is 0 Å². The van der Waals surface area contributed by atoms with Gasteiger partial charge in [0.15, 0.2) is 18.1 Å². The molecule has 1 heterocycles. The zero-order valence-corrected chi connectivity index (χ0v) is 19.1. The number of ether oxygens (including phenoxy) is 3. The molecule has 0 unspecified atom stereocenters. The number of carbonyl (C=O) groups is 2. The largest absolute Gasteiger partial charge is 0.490 e. The lowest BCUT2D eigenvalue weighted by Gasteiger charge is -2.12.